The third kappa shape index (κ3) is 2.71. The first kappa shape index (κ1) is 13.4. The van der Waals surface area contributed by atoms with Crippen LogP contribution in [0.4, 0.5) is 5.69 Å². The van der Waals surface area contributed by atoms with E-state index in [4.69, 9.17) is 11.6 Å². The first-order valence-electron chi connectivity index (χ1n) is 5.80. The van der Waals surface area contributed by atoms with Crippen LogP contribution in [0, 0.1) is 17.0 Å². The summed E-state index contributed by atoms with van der Waals surface area (Å²) in [6.45, 7) is 3.83. The molecule has 0 amide bonds. The number of hydrogen-bond donors (Lipinski definition) is 0. The maximum Gasteiger partial charge on any atom is 0.270 e. The van der Waals surface area contributed by atoms with Gasteiger partial charge in [0.15, 0.2) is 5.82 Å². The van der Waals surface area contributed by atoms with Crippen molar-refractivity contribution in [2.75, 3.05) is 0 Å². The maximum atomic E-state index is 10.8. The lowest BCUT2D eigenvalue weighted by atomic mass is 10.1. The van der Waals surface area contributed by atoms with Crippen molar-refractivity contribution >= 4 is 17.3 Å². The highest BCUT2D eigenvalue weighted by molar-refractivity contribution is 6.30. The van der Waals surface area contributed by atoms with Gasteiger partial charge < -0.3 is 0 Å². The Kier molecular flexibility index (Phi) is 3.76. The minimum Gasteiger partial charge on any atom is -0.258 e. The molecule has 0 aliphatic rings. The number of hydrogen-bond acceptors (Lipinski definition) is 4. The number of aromatic nitrogens is 2. The van der Waals surface area contributed by atoms with Gasteiger partial charge in [-0.3, -0.25) is 10.1 Å². The van der Waals surface area contributed by atoms with Gasteiger partial charge in [0, 0.05) is 29.0 Å². The Hall–Kier alpha value is -2.01. The number of nitrogens with zero attached hydrogens (tertiary/aromatic N) is 3. The zero-order valence-electron chi connectivity index (χ0n) is 10.6. The summed E-state index contributed by atoms with van der Waals surface area (Å²) in [6.07, 6.45) is 0.732. The summed E-state index contributed by atoms with van der Waals surface area (Å²) in [6, 6.07) is 6.21. The molecule has 0 fully saturated rings. The third-order valence-corrected chi connectivity index (χ3v) is 3.21. The fraction of sp³-hybridized carbons (Fsp3) is 0.231. The van der Waals surface area contributed by atoms with Crippen LogP contribution in [0.2, 0.25) is 5.15 Å². The summed E-state index contributed by atoms with van der Waals surface area (Å²) in [7, 11) is 0. The quantitative estimate of drug-likeness (QED) is 0.488. The van der Waals surface area contributed by atoms with Crippen molar-refractivity contribution < 1.29 is 4.92 Å². The van der Waals surface area contributed by atoms with E-state index < -0.39 is 4.92 Å². The molecule has 2 rings (SSSR count). The molecule has 0 aliphatic heterocycles. The Morgan fingerprint density at radius 2 is 2.11 bits per heavy atom. The molecule has 0 saturated carbocycles. The van der Waals surface area contributed by atoms with E-state index in [0.717, 1.165) is 17.7 Å². The molecule has 98 valence electrons. The van der Waals surface area contributed by atoms with E-state index in [2.05, 4.69) is 9.97 Å². The molecular formula is C13H12ClN3O2. The smallest absolute Gasteiger partial charge is 0.258 e. The van der Waals surface area contributed by atoms with Gasteiger partial charge in [0.1, 0.15) is 5.15 Å². The molecule has 2 aromatic rings. The van der Waals surface area contributed by atoms with Gasteiger partial charge in [0.05, 0.1) is 4.92 Å². The van der Waals surface area contributed by atoms with Crippen molar-refractivity contribution in [2.45, 2.75) is 20.3 Å². The lowest BCUT2D eigenvalue weighted by Crippen LogP contribution is -2.00. The first-order chi connectivity index (χ1) is 9.02. The summed E-state index contributed by atoms with van der Waals surface area (Å²) in [5.74, 6) is 0.413. The Morgan fingerprint density at radius 1 is 1.37 bits per heavy atom. The average molecular weight is 278 g/mol. The second-order valence-corrected chi connectivity index (χ2v) is 4.43. The fourth-order valence-corrected chi connectivity index (χ4v) is 1.95. The second-order valence-electron chi connectivity index (χ2n) is 4.07. The van der Waals surface area contributed by atoms with Crippen LogP contribution in [0.5, 0.6) is 0 Å². The summed E-state index contributed by atoms with van der Waals surface area (Å²) in [5.41, 5.74) is 2.29. The molecule has 19 heavy (non-hydrogen) atoms. The second kappa shape index (κ2) is 5.32. The van der Waals surface area contributed by atoms with Crippen LogP contribution in [0.15, 0.2) is 24.3 Å². The van der Waals surface area contributed by atoms with Crippen LogP contribution < -0.4 is 0 Å². The minimum atomic E-state index is -0.444. The van der Waals surface area contributed by atoms with Crippen molar-refractivity contribution in [2.24, 2.45) is 0 Å². The summed E-state index contributed by atoms with van der Waals surface area (Å²) in [4.78, 5) is 18.9. The maximum absolute atomic E-state index is 10.8. The van der Waals surface area contributed by atoms with Gasteiger partial charge in [-0.25, -0.2) is 9.97 Å². The van der Waals surface area contributed by atoms with Crippen molar-refractivity contribution in [1.29, 1.82) is 0 Å². The molecule has 0 unspecified atom stereocenters. The van der Waals surface area contributed by atoms with E-state index in [1.807, 2.05) is 13.8 Å². The van der Waals surface area contributed by atoms with Crippen molar-refractivity contribution in [1.82, 2.24) is 9.97 Å². The number of halogens is 1. The van der Waals surface area contributed by atoms with Crippen LogP contribution in [-0.2, 0) is 6.42 Å². The van der Waals surface area contributed by atoms with E-state index in [9.17, 15) is 10.1 Å². The van der Waals surface area contributed by atoms with Crippen molar-refractivity contribution in [3.05, 3.63) is 50.8 Å². The standard InChI is InChI=1S/C13H12ClN3O2/c1-3-11-8(2)12(14)16-13(15-11)9-5-4-6-10(7-9)17(18)19/h4-7H,3H2,1-2H3. The van der Waals surface area contributed by atoms with Gasteiger partial charge in [0.25, 0.3) is 5.69 Å². The molecule has 1 aromatic carbocycles. The van der Waals surface area contributed by atoms with Crippen LogP contribution in [0.25, 0.3) is 11.4 Å². The predicted molar refractivity (Wildman–Crippen MR) is 73.2 cm³/mol. The largest absolute Gasteiger partial charge is 0.270 e. The average Bonchev–Trinajstić information content (AvgIpc) is 2.41. The van der Waals surface area contributed by atoms with Gasteiger partial charge in [-0.05, 0) is 13.3 Å². The number of non-ortho nitro benzene ring substituents is 1. The Labute approximate surface area is 115 Å². The minimum absolute atomic E-state index is 0.0100. The Morgan fingerprint density at radius 3 is 2.74 bits per heavy atom. The van der Waals surface area contributed by atoms with Crippen LogP contribution in [-0.4, -0.2) is 14.9 Å². The van der Waals surface area contributed by atoms with Gasteiger partial charge in [0.2, 0.25) is 0 Å². The van der Waals surface area contributed by atoms with E-state index in [1.165, 1.54) is 12.1 Å². The van der Waals surface area contributed by atoms with Gasteiger partial charge >= 0.3 is 0 Å². The number of nitro groups is 1. The molecule has 0 saturated heterocycles. The van der Waals surface area contributed by atoms with E-state index in [1.54, 1.807) is 12.1 Å². The van der Waals surface area contributed by atoms with E-state index in [-0.39, 0.29) is 5.69 Å². The van der Waals surface area contributed by atoms with E-state index >= 15 is 0 Å². The van der Waals surface area contributed by atoms with Crippen LogP contribution in [0.3, 0.4) is 0 Å². The van der Waals surface area contributed by atoms with Gasteiger partial charge in [-0.1, -0.05) is 30.7 Å². The molecule has 5 nitrogen and oxygen atoms in total. The van der Waals surface area contributed by atoms with Gasteiger partial charge in [-0.2, -0.15) is 0 Å². The Bertz CT molecular complexity index is 644. The lowest BCUT2D eigenvalue weighted by Gasteiger charge is -2.07. The molecular weight excluding hydrogens is 266 g/mol. The van der Waals surface area contributed by atoms with Crippen LogP contribution >= 0.6 is 11.6 Å². The molecule has 0 spiro atoms. The highest BCUT2D eigenvalue weighted by atomic mass is 35.5. The van der Waals surface area contributed by atoms with E-state index in [0.29, 0.717) is 16.5 Å². The fourth-order valence-electron chi connectivity index (χ4n) is 1.76. The first-order valence-corrected chi connectivity index (χ1v) is 6.18. The molecule has 0 radical (unpaired) electrons. The zero-order chi connectivity index (χ0) is 14.0. The highest BCUT2D eigenvalue weighted by Crippen LogP contribution is 2.24. The Balaban J connectivity index is 2.56. The molecule has 0 bridgehead atoms. The van der Waals surface area contributed by atoms with Crippen molar-refractivity contribution in [3.63, 3.8) is 0 Å². The predicted octanol–water partition coefficient (Wildman–Crippen LogP) is 3.58. The number of nitro benzene ring substituents is 1. The normalized spacial score (nSPS) is 10.5. The molecule has 6 heteroatoms. The SMILES string of the molecule is CCc1nc(-c2cccc([N+](=O)[O-])c2)nc(Cl)c1C. The topological polar surface area (TPSA) is 68.9 Å². The summed E-state index contributed by atoms with van der Waals surface area (Å²) < 4.78 is 0. The number of aryl methyl sites for hydroxylation is 1. The highest BCUT2D eigenvalue weighted by Gasteiger charge is 2.12. The molecule has 0 N–H and O–H groups in total. The third-order valence-electron chi connectivity index (χ3n) is 2.84. The molecule has 0 atom stereocenters. The molecule has 1 aromatic heterocycles. The summed E-state index contributed by atoms with van der Waals surface area (Å²) >= 11 is 6.06. The van der Waals surface area contributed by atoms with Crippen LogP contribution in [0.1, 0.15) is 18.2 Å². The monoisotopic (exact) mass is 277 g/mol. The summed E-state index contributed by atoms with van der Waals surface area (Å²) in [5, 5.41) is 11.2. The lowest BCUT2D eigenvalue weighted by molar-refractivity contribution is -0.384. The van der Waals surface area contributed by atoms with Gasteiger partial charge in [-0.15, -0.1) is 0 Å². The van der Waals surface area contributed by atoms with Crippen molar-refractivity contribution in [3.8, 4) is 11.4 Å². The number of benzene rings is 1. The molecule has 1 heterocycles. The number of rotatable bonds is 3. The molecule has 0 aliphatic carbocycles. The zero-order valence-corrected chi connectivity index (χ0v) is 11.3.